The maximum absolute atomic E-state index is 13.3. The summed E-state index contributed by atoms with van der Waals surface area (Å²) in [5.74, 6) is -1.88. The third-order valence-electron chi connectivity index (χ3n) is 2.35. The van der Waals surface area contributed by atoms with Gasteiger partial charge < -0.3 is 0 Å². The summed E-state index contributed by atoms with van der Waals surface area (Å²) in [7, 11) is 0. The number of carbonyl (C=O) groups is 2. The predicted molar refractivity (Wildman–Crippen MR) is 65.6 cm³/mol. The number of rotatable bonds is 2. The molecule has 5 nitrogen and oxygen atoms in total. The van der Waals surface area contributed by atoms with Crippen LogP contribution in [-0.2, 0) is 0 Å². The summed E-state index contributed by atoms with van der Waals surface area (Å²) in [4.78, 5) is 27.0. The number of hydrogen-bond donors (Lipinski definition) is 2. The standard InChI is InChI=1S/C13H10FN3O2/c14-11-4-2-1-3-10(11)13(19)17-16-12(18)9-5-7-15-8-6-9/h1-8H,(H,16,18)(H,17,19). The Hall–Kier alpha value is -2.76. The molecule has 0 saturated carbocycles. The van der Waals surface area contributed by atoms with Crippen LogP contribution in [0.3, 0.4) is 0 Å². The van der Waals surface area contributed by atoms with Gasteiger partial charge in [-0.15, -0.1) is 0 Å². The first kappa shape index (κ1) is 12.7. The maximum atomic E-state index is 13.3. The molecule has 96 valence electrons. The van der Waals surface area contributed by atoms with Crippen LogP contribution in [0.4, 0.5) is 4.39 Å². The molecule has 0 aliphatic rings. The molecule has 0 aliphatic heterocycles. The summed E-state index contributed by atoms with van der Waals surface area (Å²) in [6.45, 7) is 0. The number of aromatic nitrogens is 1. The normalized spacial score (nSPS) is 9.74. The van der Waals surface area contributed by atoms with Gasteiger partial charge in [-0.25, -0.2) is 4.39 Å². The second kappa shape index (κ2) is 5.72. The highest BCUT2D eigenvalue weighted by Gasteiger charge is 2.12. The third-order valence-corrected chi connectivity index (χ3v) is 2.35. The molecule has 1 aromatic heterocycles. The lowest BCUT2D eigenvalue weighted by Crippen LogP contribution is -2.41. The lowest BCUT2D eigenvalue weighted by atomic mass is 10.2. The molecule has 0 aliphatic carbocycles. The first-order valence-electron chi connectivity index (χ1n) is 5.43. The van der Waals surface area contributed by atoms with Gasteiger partial charge in [-0.2, -0.15) is 0 Å². The molecule has 0 unspecified atom stereocenters. The van der Waals surface area contributed by atoms with Crippen molar-refractivity contribution in [3.05, 3.63) is 65.7 Å². The fraction of sp³-hybridized carbons (Fsp3) is 0. The van der Waals surface area contributed by atoms with Crippen molar-refractivity contribution < 1.29 is 14.0 Å². The van der Waals surface area contributed by atoms with Gasteiger partial charge >= 0.3 is 0 Å². The predicted octanol–water partition coefficient (Wildman–Crippen LogP) is 1.30. The summed E-state index contributed by atoms with van der Waals surface area (Å²) in [5, 5.41) is 0. The molecule has 2 aromatic rings. The molecule has 0 spiro atoms. The Morgan fingerprint density at radius 1 is 0.947 bits per heavy atom. The molecule has 1 heterocycles. The van der Waals surface area contributed by atoms with Gasteiger partial charge in [0.25, 0.3) is 11.8 Å². The molecular formula is C13H10FN3O2. The van der Waals surface area contributed by atoms with Gasteiger partial charge in [0, 0.05) is 18.0 Å². The van der Waals surface area contributed by atoms with Gasteiger partial charge in [-0.3, -0.25) is 25.4 Å². The highest BCUT2D eigenvalue weighted by molar-refractivity contribution is 5.99. The SMILES string of the molecule is O=C(NNC(=O)c1ccccc1F)c1ccncc1. The Bertz CT molecular complexity index is 602. The van der Waals surface area contributed by atoms with Gasteiger partial charge in [0.15, 0.2) is 0 Å². The van der Waals surface area contributed by atoms with Crippen molar-refractivity contribution in [3.63, 3.8) is 0 Å². The number of nitrogens with zero attached hydrogens (tertiary/aromatic N) is 1. The minimum atomic E-state index is -0.722. The average Bonchev–Trinajstić information content (AvgIpc) is 2.46. The van der Waals surface area contributed by atoms with Crippen molar-refractivity contribution >= 4 is 11.8 Å². The van der Waals surface area contributed by atoms with E-state index in [4.69, 9.17) is 0 Å². The number of amides is 2. The van der Waals surface area contributed by atoms with Crippen LogP contribution in [0.1, 0.15) is 20.7 Å². The molecular weight excluding hydrogens is 249 g/mol. The average molecular weight is 259 g/mol. The maximum Gasteiger partial charge on any atom is 0.272 e. The summed E-state index contributed by atoms with van der Waals surface area (Å²) >= 11 is 0. The van der Waals surface area contributed by atoms with Crippen LogP contribution < -0.4 is 10.9 Å². The Balaban J connectivity index is 1.98. The van der Waals surface area contributed by atoms with Crippen LogP contribution in [0.5, 0.6) is 0 Å². The van der Waals surface area contributed by atoms with E-state index in [1.165, 1.54) is 48.8 Å². The zero-order chi connectivity index (χ0) is 13.7. The van der Waals surface area contributed by atoms with Crippen molar-refractivity contribution in [2.24, 2.45) is 0 Å². The van der Waals surface area contributed by atoms with Gasteiger partial charge in [0.05, 0.1) is 5.56 Å². The molecule has 0 bridgehead atoms. The molecule has 0 saturated heterocycles. The largest absolute Gasteiger partial charge is 0.272 e. The Labute approximate surface area is 108 Å². The first-order chi connectivity index (χ1) is 9.18. The molecule has 0 fully saturated rings. The molecule has 6 heteroatoms. The van der Waals surface area contributed by atoms with E-state index in [0.29, 0.717) is 5.56 Å². The van der Waals surface area contributed by atoms with Crippen LogP contribution in [0, 0.1) is 5.82 Å². The number of benzene rings is 1. The molecule has 19 heavy (non-hydrogen) atoms. The highest BCUT2D eigenvalue weighted by atomic mass is 19.1. The topological polar surface area (TPSA) is 71.1 Å². The smallest absolute Gasteiger partial charge is 0.267 e. The molecule has 2 amide bonds. The van der Waals surface area contributed by atoms with Crippen molar-refractivity contribution in [1.29, 1.82) is 0 Å². The van der Waals surface area contributed by atoms with Crippen molar-refractivity contribution in [2.75, 3.05) is 0 Å². The van der Waals surface area contributed by atoms with Crippen LogP contribution in [0.15, 0.2) is 48.8 Å². The minimum absolute atomic E-state index is 0.141. The number of nitrogens with one attached hydrogen (secondary N) is 2. The lowest BCUT2D eigenvalue weighted by Gasteiger charge is -2.07. The monoisotopic (exact) mass is 259 g/mol. The number of carbonyl (C=O) groups excluding carboxylic acids is 2. The zero-order valence-electron chi connectivity index (χ0n) is 9.76. The molecule has 2 N–H and O–H groups in total. The molecule has 1 aromatic carbocycles. The van der Waals surface area contributed by atoms with E-state index in [0.717, 1.165) is 0 Å². The van der Waals surface area contributed by atoms with Gasteiger partial charge in [0.2, 0.25) is 0 Å². The second-order valence-electron chi connectivity index (χ2n) is 3.62. The van der Waals surface area contributed by atoms with Gasteiger partial charge in [-0.05, 0) is 24.3 Å². The van der Waals surface area contributed by atoms with Crippen LogP contribution in [-0.4, -0.2) is 16.8 Å². The number of hydrazine groups is 1. The van der Waals surface area contributed by atoms with Gasteiger partial charge in [-0.1, -0.05) is 12.1 Å². The fourth-order valence-electron chi connectivity index (χ4n) is 1.40. The second-order valence-corrected chi connectivity index (χ2v) is 3.62. The fourth-order valence-corrected chi connectivity index (χ4v) is 1.40. The number of halogens is 1. The van der Waals surface area contributed by atoms with E-state index in [1.54, 1.807) is 0 Å². The highest BCUT2D eigenvalue weighted by Crippen LogP contribution is 2.05. The quantitative estimate of drug-likeness (QED) is 0.798. The molecule has 0 atom stereocenters. The van der Waals surface area contributed by atoms with Crippen molar-refractivity contribution in [3.8, 4) is 0 Å². The van der Waals surface area contributed by atoms with E-state index in [-0.39, 0.29) is 5.56 Å². The van der Waals surface area contributed by atoms with Crippen molar-refractivity contribution in [2.45, 2.75) is 0 Å². The number of pyridine rings is 1. The third kappa shape index (κ3) is 3.12. The Morgan fingerprint density at radius 3 is 2.26 bits per heavy atom. The summed E-state index contributed by atoms with van der Waals surface area (Å²) < 4.78 is 13.3. The Morgan fingerprint density at radius 2 is 1.58 bits per heavy atom. The van der Waals surface area contributed by atoms with Crippen LogP contribution in [0.25, 0.3) is 0 Å². The van der Waals surface area contributed by atoms with E-state index >= 15 is 0 Å². The van der Waals surface area contributed by atoms with Crippen molar-refractivity contribution in [1.82, 2.24) is 15.8 Å². The lowest BCUT2D eigenvalue weighted by molar-refractivity contribution is 0.0844. The number of hydrogen-bond acceptors (Lipinski definition) is 3. The summed E-state index contributed by atoms with van der Waals surface area (Å²) in [6, 6.07) is 8.47. The van der Waals surface area contributed by atoms with Crippen LogP contribution >= 0.6 is 0 Å². The van der Waals surface area contributed by atoms with E-state index in [9.17, 15) is 14.0 Å². The summed E-state index contributed by atoms with van der Waals surface area (Å²) in [6.07, 6.45) is 2.90. The first-order valence-corrected chi connectivity index (χ1v) is 5.43. The minimum Gasteiger partial charge on any atom is -0.267 e. The molecule has 2 rings (SSSR count). The van der Waals surface area contributed by atoms with E-state index in [1.807, 2.05) is 0 Å². The molecule has 0 radical (unpaired) electrons. The van der Waals surface area contributed by atoms with Gasteiger partial charge in [0.1, 0.15) is 5.82 Å². The van der Waals surface area contributed by atoms with Crippen LogP contribution in [0.2, 0.25) is 0 Å². The zero-order valence-corrected chi connectivity index (χ0v) is 9.76. The van der Waals surface area contributed by atoms with E-state index < -0.39 is 17.6 Å². The summed E-state index contributed by atoms with van der Waals surface area (Å²) in [5.41, 5.74) is 4.53. The van der Waals surface area contributed by atoms with E-state index in [2.05, 4.69) is 15.8 Å². The Kier molecular flexibility index (Phi) is 3.82.